The zero-order valence-electron chi connectivity index (χ0n) is 14.9. The third-order valence-corrected chi connectivity index (χ3v) is 5.33. The molecule has 0 spiro atoms. The van der Waals surface area contributed by atoms with Crippen molar-refractivity contribution in [3.05, 3.63) is 64.7 Å². The second-order valence-corrected chi connectivity index (χ2v) is 7.34. The van der Waals surface area contributed by atoms with E-state index in [0.29, 0.717) is 17.8 Å². The van der Waals surface area contributed by atoms with Gasteiger partial charge in [-0.05, 0) is 23.8 Å². The maximum Gasteiger partial charge on any atom is 0.435 e. The van der Waals surface area contributed by atoms with E-state index in [2.05, 4.69) is 15.5 Å². The minimum atomic E-state index is -4.60. The Hall–Kier alpha value is -3.21. The third kappa shape index (κ3) is 3.86. The number of anilines is 1. The van der Waals surface area contributed by atoms with Crippen molar-refractivity contribution in [3.63, 3.8) is 0 Å². The average Bonchev–Trinajstić information content (AvgIpc) is 3.31. The minimum absolute atomic E-state index is 0.114. The van der Waals surface area contributed by atoms with Crippen molar-refractivity contribution in [1.82, 2.24) is 19.6 Å². The molecule has 4 rings (SSSR count). The highest BCUT2D eigenvalue weighted by molar-refractivity contribution is 7.20. The summed E-state index contributed by atoms with van der Waals surface area (Å²) in [5.41, 5.74) is 0.0499. The predicted octanol–water partition coefficient (Wildman–Crippen LogP) is 4.29. The molecule has 150 valence electrons. The average molecular weight is 423 g/mol. The Morgan fingerprint density at radius 2 is 2.07 bits per heavy atom. The Morgan fingerprint density at radius 1 is 1.28 bits per heavy atom. The van der Waals surface area contributed by atoms with Crippen LogP contribution in [0.5, 0.6) is 0 Å². The van der Waals surface area contributed by atoms with Gasteiger partial charge in [0, 0.05) is 18.6 Å². The van der Waals surface area contributed by atoms with Gasteiger partial charge in [-0.15, -0.1) is 11.3 Å². The van der Waals surface area contributed by atoms with Gasteiger partial charge in [-0.2, -0.15) is 23.4 Å². The molecule has 3 heterocycles. The molecular weight excluding hydrogens is 410 g/mol. The summed E-state index contributed by atoms with van der Waals surface area (Å²) >= 11 is 0.919. The number of nitrogens with zero attached hydrogens (tertiary/aromatic N) is 4. The van der Waals surface area contributed by atoms with Crippen LogP contribution in [-0.4, -0.2) is 25.5 Å². The summed E-state index contributed by atoms with van der Waals surface area (Å²) in [5.74, 6) is -0.912. The normalized spacial score (nSPS) is 11.9. The van der Waals surface area contributed by atoms with Gasteiger partial charge in [0.25, 0.3) is 5.91 Å². The Kier molecular flexibility index (Phi) is 4.61. The standard InChI is InChI=1S/C18H13F4N5OS/c1-26-17-13(15(25-26)18(20,21)22)6-14(29-17)16(28)24-12-7-23-27(9-12)8-10-3-2-4-11(19)5-10/h2-7,9H,8H2,1H3,(H,24,28). The molecule has 1 amide bonds. The van der Waals surface area contributed by atoms with Crippen LogP contribution in [0.4, 0.5) is 23.2 Å². The number of hydrogen-bond acceptors (Lipinski definition) is 4. The Balaban J connectivity index is 1.52. The number of benzene rings is 1. The highest BCUT2D eigenvalue weighted by Gasteiger charge is 2.37. The topological polar surface area (TPSA) is 64.7 Å². The molecule has 4 aromatic rings. The summed E-state index contributed by atoms with van der Waals surface area (Å²) in [6.07, 6.45) is -1.64. The van der Waals surface area contributed by atoms with Crippen LogP contribution in [0.3, 0.4) is 0 Å². The maximum atomic E-state index is 13.3. The van der Waals surface area contributed by atoms with E-state index in [-0.39, 0.29) is 20.9 Å². The molecular formula is C18H13F4N5OS. The zero-order valence-corrected chi connectivity index (χ0v) is 15.7. The summed E-state index contributed by atoms with van der Waals surface area (Å²) in [4.78, 5) is 12.8. The second kappa shape index (κ2) is 6.99. The number of alkyl halides is 3. The van der Waals surface area contributed by atoms with E-state index in [1.54, 1.807) is 18.3 Å². The van der Waals surface area contributed by atoms with E-state index in [9.17, 15) is 22.4 Å². The van der Waals surface area contributed by atoms with E-state index in [0.717, 1.165) is 16.0 Å². The van der Waals surface area contributed by atoms with Crippen LogP contribution >= 0.6 is 11.3 Å². The van der Waals surface area contributed by atoms with E-state index in [1.807, 2.05) is 0 Å². The monoisotopic (exact) mass is 423 g/mol. The molecule has 1 N–H and O–H groups in total. The number of rotatable bonds is 4. The van der Waals surface area contributed by atoms with E-state index < -0.39 is 17.8 Å². The Bertz CT molecular complexity index is 1210. The van der Waals surface area contributed by atoms with Crippen molar-refractivity contribution in [2.45, 2.75) is 12.7 Å². The number of aryl methyl sites for hydroxylation is 1. The van der Waals surface area contributed by atoms with Gasteiger partial charge >= 0.3 is 6.18 Å². The van der Waals surface area contributed by atoms with Crippen molar-refractivity contribution in [2.75, 3.05) is 5.32 Å². The SMILES string of the molecule is Cn1nc(C(F)(F)F)c2cc(C(=O)Nc3cnn(Cc4cccc(F)c4)c3)sc21. The zero-order chi connectivity index (χ0) is 20.8. The summed E-state index contributed by atoms with van der Waals surface area (Å²) in [5, 5.41) is 10.1. The van der Waals surface area contributed by atoms with Crippen LogP contribution in [-0.2, 0) is 19.8 Å². The molecule has 0 radical (unpaired) electrons. The lowest BCUT2D eigenvalue weighted by Gasteiger charge is -2.02. The largest absolute Gasteiger partial charge is 0.435 e. The molecule has 0 bridgehead atoms. The molecule has 11 heteroatoms. The minimum Gasteiger partial charge on any atom is -0.319 e. The second-order valence-electron chi connectivity index (χ2n) is 6.31. The number of thiophene rings is 1. The highest BCUT2D eigenvalue weighted by atomic mass is 32.1. The van der Waals surface area contributed by atoms with Crippen LogP contribution in [0.15, 0.2) is 42.7 Å². The molecule has 1 aromatic carbocycles. The van der Waals surface area contributed by atoms with Gasteiger partial charge in [0.1, 0.15) is 10.6 Å². The Morgan fingerprint density at radius 3 is 2.79 bits per heavy atom. The maximum absolute atomic E-state index is 13.3. The van der Waals surface area contributed by atoms with Crippen molar-refractivity contribution in [2.24, 2.45) is 7.05 Å². The number of halogens is 4. The van der Waals surface area contributed by atoms with Gasteiger partial charge in [0.05, 0.1) is 23.3 Å². The van der Waals surface area contributed by atoms with Crippen LogP contribution in [0.2, 0.25) is 0 Å². The number of aromatic nitrogens is 4. The van der Waals surface area contributed by atoms with Crippen LogP contribution < -0.4 is 5.32 Å². The first-order valence-electron chi connectivity index (χ1n) is 8.32. The van der Waals surface area contributed by atoms with Crippen molar-refractivity contribution in [3.8, 4) is 0 Å². The summed E-state index contributed by atoms with van der Waals surface area (Å²) in [6.45, 7) is 0.303. The van der Waals surface area contributed by atoms with E-state index in [4.69, 9.17) is 0 Å². The van der Waals surface area contributed by atoms with Crippen molar-refractivity contribution >= 4 is 33.1 Å². The molecule has 6 nitrogen and oxygen atoms in total. The molecule has 0 unspecified atom stereocenters. The van der Waals surface area contributed by atoms with Crippen LogP contribution in [0, 0.1) is 5.82 Å². The number of nitrogens with one attached hydrogen (secondary N) is 1. The van der Waals surface area contributed by atoms with E-state index >= 15 is 0 Å². The Labute approximate surface area is 165 Å². The first-order valence-corrected chi connectivity index (χ1v) is 9.14. The lowest BCUT2D eigenvalue weighted by atomic mass is 10.2. The number of fused-ring (bicyclic) bond motifs is 1. The van der Waals surface area contributed by atoms with Gasteiger partial charge in [-0.1, -0.05) is 12.1 Å². The quantitative estimate of drug-likeness (QED) is 0.498. The number of carbonyl (C=O) groups is 1. The van der Waals surface area contributed by atoms with Crippen molar-refractivity contribution < 1.29 is 22.4 Å². The predicted molar refractivity (Wildman–Crippen MR) is 99.3 cm³/mol. The van der Waals surface area contributed by atoms with Crippen LogP contribution in [0.25, 0.3) is 10.2 Å². The number of carbonyl (C=O) groups excluding carboxylic acids is 1. The number of amides is 1. The number of hydrogen-bond donors (Lipinski definition) is 1. The molecule has 0 aliphatic carbocycles. The molecule has 0 atom stereocenters. The molecule has 0 saturated heterocycles. The first kappa shape index (κ1) is 19.1. The van der Waals surface area contributed by atoms with Gasteiger partial charge in [0.2, 0.25) is 0 Å². The molecule has 0 saturated carbocycles. The molecule has 0 aliphatic heterocycles. The lowest BCUT2D eigenvalue weighted by Crippen LogP contribution is -2.10. The fourth-order valence-corrected chi connectivity index (χ4v) is 3.86. The highest BCUT2D eigenvalue weighted by Crippen LogP contribution is 2.37. The first-order chi connectivity index (χ1) is 13.7. The fourth-order valence-electron chi connectivity index (χ4n) is 2.89. The molecule has 0 aliphatic rings. The van der Waals surface area contributed by atoms with E-state index in [1.165, 1.54) is 36.1 Å². The van der Waals surface area contributed by atoms with Gasteiger partial charge in [-0.3, -0.25) is 14.2 Å². The van der Waals surface area contributed by atoms with Crippen LogP contribution in [0.1, 0.15) is 20.9 Å². The summed E-state index contributed by atoms with van der Waals surface area (Å²) in [6, 6.07) is 7.23. The lowest BCUT2D eigenvalue weighted by molar-refractivity contribution is -0.140. The van der Waals surface area contributed by atoms with Gasteiger partial charge in [-0.25, -0.2) is 4.39 Å². The molecule has 29 heavy (non-hydrogen) atoms. The fraction of sp³-hybridized carbons (Fsp3) is 0.167. The van der Waals surface area contributed by atoms with Crippen molar-refractivity contribution in [1.29, 1.82) is 0 Å². The van der Waals surface area contributed by atoms with Gasteiger partial charge < -0.3 is 5.32 Å². The summed E-state index contributed by atoms with van der Waals surface area (Å²) < 4.78 is 55.2. The molecule has 0 fully saturated rings. The third-order valence-electron chi connectivity index (χ3n) is 4.13. The summed E-state index contributed by atoms with van der Waals surface area (Å²) in [7, 11) is 1.40. The smallest absolute Gasteiger partial charge is 0.319 e. The van der Waals surface area contributed by atoms with Gasteiger partial charge in [0.15, 0.2) is 5.69 Å². The molecule has 3 aromatic heterocycles.